The first kappa shape index (κ1) is 43.7. The van der Waals surface area contributed by atoms with Crippen molar-refractivity contribution < 1.29 is 45.9 Å². The van der Waals surface area contributed by atoms with Gasteiger partial charge in [-0.15, -0.1) is 0 Å². The SMILES string of the molecule is CO.Cc1ccc(S(=O)(=O)N/N=C/c2ccccc2)cc1.Cc1ccc(S(=O)(=O)NN)cc1.O=C=O.O=C=O.O=Cc1ccccc1. The standard InChI is InChI=1S/C14H14N2O2S.C7H10N2O2S.C7H6O.2CO2.CH4O/c1-12-7-9-14(10-8-12)19(17,18)16-15-11-13-5-3-2-4-6-13;1-6-2-4-7(5-3-6)12(10,11)9-8;8-6-7-4-2-1-3-5-7;2*2-1-3;1-2/h2-11,16H,1H3;2-5,9H,8H2,1H3;1-6H;;;2H,1H3/b15-11+;;;;;. The first-order valence-corrected chi connectivity index (χ1v) is 15.8. The van der Waals surface area contributed by atoms with Crippen LogP contribution in [-0.4, -0.2) is 53.9 Å². The summed E-state index contributed by atoms with van der Waals surface area (Å²) in [6.07, 6.45) is 2.80. The molecule has 0 aliphatic rings. The maximum Gasteiger partial charge on any atom is 0.373 e. The Morgan fingerprint density at radius 1 is 0.617 bits per heavy atom. The third-order valence-corrected chi connectivity index (χ3v) is 7.38. The summed E-state index contributed by atoms with van der Waals surface area (Å²) >= 11 is 0. The minimum absolute atomic E-state index is 0.176. The van der Waals surface area contributed by atoms with Crippen LogP contribution in [0.25, 0.3) is 0 Å². The second-order valence-electron chi connectivity index (χ2n) is 8.21. The first-order chi connectivity index (χ1) is 22.4. The average molecular weight is 687 g/mol. The molecule has 250 valence electrons. The highest BCUT2D eigenvalue weighted by Gasteiger charge is 2.11. The van der Waals surface area contributed by atoms with Crippen molar-refractivity contribution in [2.24, 2.45) is 10.9 Å². The average Bonchev–Trinajstić information content (AvgIpc) is 3.08. The monoisotopic (exact) mass is 686 g/mol. The Hall–Kier alpha value is -5.44. The number of nitrogens with one attached hydrogen (secondary N) is 2. The van der Waals surface area contributed by atoms with Gasteiger partial charge in [0.05, 0.1) is 16.0 Å². The Labute approximate surface area is 273 Å². The first-order valence-electron chi connectivity index (χ1n) is 12.8. The van der Waals surface area contributed by atoms with Crippen LogP contribution in [0, 0.1) is 13.8 Å². The summed E-state index contributed by atoms with van der Waals surface area (Å²) < 4.78 is 46.0. The second-order valence-corrected chi connectivity index (χ2v) is 11.6. The minimum Gasteiger partial charge on any atom is -0.400 e. The molecule has 0 saturated carbocycles. The number of nitrogens with zero attached hydrogens (tertiary/aromatic N) is 1. The highest BCUT2D eigenvalue weighted by atomic mass is 32.2. The molecule has 0 aromatic heterocycles. The Kier molecular flexibility index (Phi) is 24.0. The van der Waals surface area contributed by atoms with Crippen molar-refractivity contribution in [1.29, 1.82) is 0 Å². The zero-order chi connectivity index (χ0) is 36.1. The van der Waals surface area contributed by atoms with E-state index in [0.717, 1.165) is 35.6 Å². The minimum atomic E-state index is -3.60. The molecule has 0 saturated heterocycles. The number of aryl methyl sites for hydroxylation is 2. The van der Waals surface area contributed by atoms with Crippen molar-refractivity contribution in [1.82, 2.24) is 9.66 Å². The predicted octanol–water partition coefficient (Wildman–Crippen LogP) is 2.40. The molecule has 4 rings (SSSR count). The number of hydrogen-bond donors (Lipinski definition) is 4. The van der Waals surface area contributed by atoms with Gasteiger partial charge in [0.1, 0.15) is 6.29 Å². The summed E-state index contributed by atoms with van der Waals surface area (Å²) in [6, 6.07) is 31.4. The highest BCUT2D eigenvalue weighted by molar-refractivity contribution is 7.89. The summed E-state index contributed by atoms with van der Waals surface area (Å²) in [5.74, 6) is 4.84. The molecule has 0 aliphatic carbocycles. The molecule has 0 atom stereocenters. The molecule has 16 heteroatoms. The third-order valence-electron chi connectivity index (χ3n) is 4.94. The molecule has 0 unspecified atom stereocenters. The van der Waals surface area contributed by atoms with Crippen LogP contribution < -0.4 is 15.5 Å². The van der Waals surface area contributed by atoms with E-state index >= 15 is 0 Å². The van der Waals surface area contributed by atoms with Gasteiger partial charge in [-0.25, -0.2) is 13.2 Å². The maximum absolute atomic E-state index is 11.9. The van der Waals surface area contributed by atoms with Gasteiger partial charge in [0.2, 0.25) is 0 Å². The fourth-order valence-electron chi connectivity index (χ4n) is 2.80. The number of sulfonamides is 2. The van der Waals surface area contributed by atoms with Gasteiger partial charge in [-0.2, -0.15) is 37.5 Å². The van der Waals surface area contributed by atoms with Gasteiger partial charge in [-0.05, 0) is 43.7 Å². The van der Waals surface area contributed by atoms with Gasteiger partial charge in [0.15, 0.2) is 0 Å². The molecular formula is C31H34N4O10S2. The second kappa shape index (κ2) is 25.8. The largest absolute Gasteiger partial charge is 0.400 e. The number of nitrogens with two attached hydrogens (primary N) is 1. The molecule has 4 aromatic carbocycles. The topological polar surface area (TPSA) is 236 Å². The number of benzene rings is 4. The molecule has 5 N–H and O–H groups in total. The highest BCUT2D eigenvalue weighted by Crippen LogP contribution is 2.10. The molecular weight excluding hydrogens is 652 g/mol. The molecule has 0 spiro atoms. The molecule has 47 heavy (non-hydrogen) atoms. The van der Waals surface area contributed by atoms with Crippen LogP contribution in [0.15, 0.2) is 124 Å². The Bertz CT molecular complexity index is 1730. The number of aliphatic hydroxyl groups is 1. The molecule has 0 radical (unpaired) electrons. The molecule has 14 nitrogen and oxygen atoms in total. The summed E-state index contributed by atoms with van der Waals surface area (Å²) in [6.45, 7) is 3.78. The Morgan fingerprint density at radius 3 is 1.28 bits per heavy atom. The summed E-state index contributed by atoms with van der Waals surface area (Å²) in [5, 5.41) is 10.7. The van der Waals surface area contributed by atoms with Crippen molar-refractivity contribution in [3.05, 3.63) is 131 Å². The van der Waals surface area contributed by atoms with Crippen LogP contribution in [0.3, 0.4) is 0 Å². The van der Waals surface area contributed by atoms with Gasteiger partial charge in [-0.1, -0.05) is 96.1 Å². The van der Waals surface area contributed by atoms with E-state index in [2.05, 4.69) is 9.93 Å². The van der Waals surface area contributed by atoms with Crippen molar-refractivity contribution in [2.75, 3.05) is 7.11 Å². The van der Waals surface area contributed by atoms with Crippen molar-refractivity contribution in [3.8, 4) is 0 Å². The summed E-state index contributed by atoms with van der Waals surface area (Å²) in [7, 11) is -6.08. The molecule has 4 aromatic rings. The van der Waals surface area contributed by atoms with Crippen LogP contribution in [0.1, 0.15) is 27.0 Å². The Balaban J connectivity index is 0. The lowest BCUT2D eigenvalue weighted by Gasteiger charge is -2.03. The lowest BCUT2D eigenvalue weighted by molar-refractivity contribution is -0.193. The van der Waals surface area contributed by atoms with Crippen molar-refractivity contribution in [3.63, 3.8) is 0 Å². The van der Waals surface area contributed by atoms with Crippen molar-refractivity contribution in [2.45, 2.75) is 23.6 Å². The van der Waals surface area contributed by atoms with E-state index in [-0.39, 0.29) is 22.1 Å². The number of hydrazone groups is 1. The maximum atomic E-state index is 11.9. The predicted molar refractivity (Wildman–Crippen MR) is 171 cm³/mol. The fraction of sp³-hybridized carbons (Fsp3) is 0.0968. The summed E-state index contributed by atoms with van der Waals surface area (Å²) in [4.78, 5) is 46.8. The third kappa shape index (κ3) is 20.3. The van der Waals surface area contributed by atoms with Crippen LogP contribution in [0.5, 0.6) is 0 Å². The lowest BCUT2D eigenvalue weighted by atomic mass is 10.2. The van der Waals surface area contributed by atoms with Gasteiger partial charge >= 0.3 is 12.3 Å². The van der Waals surface area contributed by atoms with E-state index < -0.39 is 20.0 Å². The van der Waals surface area contributed by atoms with Gasteiger partial charge in [-0.3, -0.25) is 10.6 Å². The summed E-state index contributed by atoms with van der Waals surface area (Å²) in [5.41, 5.74) is 3.57. The van der Waals surface area contributed by atoms with Gasteiger partial charge < -0.3 is 5.11 Å². The fourth-order valence-corrected chi connectivity index (χ4v) is 4.22. The van der Waals surface area contributed by atoms with Crippen LogP contribution in [-0.2, 0) is 39.2 Å². The van der Waals surface area contributed by atoms with Crippen LogP contribution >= 0.6 is 0 Å². The molecule has 0 heterocycles. The Morgan fingerprint density at radius 2 is 0.957 bits per heavy atom. The number of hydrazine groups is 1. The quantitative estimate of drug-likeness (QED) is 0.0953. The normalized spacial score (nSPS) is 9.55. The molecule has 0 amide bonds. The van der Waals surface area contributed by atoms with Crippen molar-refractivity contribution >= 4 is 44.9 Å². The van der Waals surface area contributed by atoms with E-state index in [0.29, 0.717) is 0 Å². The van der Waals surface area contributed by atoms with E-state index in [1.807, 2.05) is 62.4 Å². The van der Waals surface area contributed by atoms with Gasteiger partial charge in [0, 0.05) is 12.7 Å². The molecule has 0 fully saturated rings. The molecule has 0 aliphatic heterocycles. The number of aliphatic hydroxyl groups excluding tert-OH is 1. The number of aldehydes is 1. The van der Waals surface area contributed by atoms with Gasteiger partial charge in [0.25, 0.3) is 20.0 Å². The smallest absolute Gasteiger partial charge is 0.373 e. The molecule has 0 bridgehead atoms. The van der Waals surface area contributed by atoms with E-state index in [4.69, 9.17) is 30.1 Å². The van der Waals surface area contributed by atoms with E-state index in [1.54, 1.807) is 53.4 Å². The van der Waals surface area contributed by atoms with E-state index in [1.165, 1.54) is 18.3 Å². The zero-order valence-electron chi connectivity index (χ0n) is 25.5. The number of rotatable bonds is 7. The van der Waals surface area contributed by atoms with E-state index in [9.17, 15) is 21.6 Å². The zero-order valence-corrected chi connectivity index (χ0v) is 27.1. The van der Waals surface area contributed by atoms with Crippen LogP contribution in [0.4, 0.5) is 0 Å². The number of hydrogen-bond acceptors (Lipinski definition) is 12. The number of carbonyl (C=O) groups excluding carboxylic acids is 5. The lowest BCUT2D eigenvalue weighted by Crippen LogP contribution is -2.30. The van der Waals surface area contributed by atoms with Crippen LogP contribution in [0.2, 0.25) is 0 Å². The number of carbonyl (C=O) groups is 1.